The van der Waals surface area contributed by atoms with Crippen LogP contribution in [0.3, 0.4) is 0 Å². The summed E-state index contributed by atoms with van der Waals surface area (Å²) in [6.45, 7) is 4.39. The van der Waals surface area contributed by atoms with Gasteiger partial charge in [-0.15, -0.1) is 24.0 Å². The molecule has 0 atom stereocenters. The summed E-state index contributed by atoms with van der Waals surface area (Å²) in [7, 11) is 1.58. The Hall–Kier alpha value is -1.22. The highest BCUT2D eigenvalue weighted by Gasteiger charge is 2.02. The van der Waals surface area contributed by atoms with E-state index < -0.39 is 0 Å². The van der Waals surface area contributed by atoms with Gasteiger partial charge in [-0.2, -0.15) is 0 Å². The molecule has 1 aromatic carbocycles. The van der Waals surface area contributed by atoms with Crippen molar-refractivity contribution in [2.24, 2.45) is 10.7 Å². The Morgan fingerprint density at radius 1 is 1.43 bits per heavy atom. The average Bonchev–Trinajstić information content (AvgIpc) is 2.46. The molecule has 0 aliphatic heterocycles. The monoisotopic (exact) mass is 409 g/mol. The molecule has 0 bridgehead atoms. The fourth-order valence-electron chi connectivity index (χ4n) is 1.58. The number of nitrogens with two attached hydrogens (primary N) is 1. The van der Waals surface area contributed by atoms with Crippen molar-refractivity contribution in [2.75, 3.05) is 26.9 Å². The SMILES string of the molecule is CCOCCCNC(N)=NCc1cc(OC)ccc1O.I. The fourth-order valence-corrected chi connectivity index (χ4v) is 1.58. The molecule has 0 amide bonds. The Kier molecular flexibility index (Phi) is 10.8. The van der Waals surface area contributed by atoms with Crippen LogP contribution in [0.2, 0.25) is 0 Å². The molecule has 1 aromatic rings. The van der Waals surface area contributed by atoms with Crippen molar-refractivity contribution in [3.8, 4) is 11.5 Å². The number of phenolic OH excluding ortho intramolecular Hbond substituents is 1. The molecule has 1 rings (SSSR count). The number of methoxy groups -OCH3 is 1. The van der Waals surface area contributed by atoms with Gasteiger partial charge < -0.3 is 25.6 Å². The summed E-state index contributed by atoms with van der Waals surface area (Å²) in [5, 5.41) is 12.7. The number of hydrogen-bond donors (Lipinski definition) is 3. The molecule has 6 nitrogen and oxygen atoms in total. The molecule has 0 aromatic heterocycles. The van der Waals surface area contributed by atoms with E-state index in [1.54, 1.807) is 25.3 Å². The zero-order valence-electron chi connectivity index (χ0n) is 12.5. The summed E-state index contributed by atoms with van der Waals surface area (Å²) in [6.07, 6.45) is 0.870. The van der Waals surface area contributed by atoms with Gasteiger partial charge in [0.2, 0.25) is 0 Å². The van der Waals surface area contributed by atoms with E-state index in [0.717, 1.165) is 13.0 Å². The summed E-state index contributed by atoms with van der Waals surface area (Å²) in [5.74, 6) is 1.21. The molecular weight excluding hydrogens is 385 g/mol. The number of phenols is 1. The van der Waals surface area contributed by atoms with Crippen LogP contribution in [0, 0.1) is 0 Å². The lowest BCUT2D eigenvalue weighted by atomic mass is 10.2. The zero-order chi connectivity index (χ0) is 14.8. The maximum atomic E-state index is 9.71. The number of benzene rings is 1. The van der Waals surface area contributed by atoms with Gasteiger partial charge in [-0.25, -0.2) is 4.99 Å². The third kappa shape index (κ3) is 7.96. The molecular formula is C14H24IN3O3. The van der Waals surface area contributed by atoms with Gasteiger partial charge in [0.25, 0.3) is 0 Å². The number of hydrogen-bond acceptors (Lipinski definition) is 4. The van der Waals surface area contributed by atoms with E-state index in [9.17, 15) is 5.11 Å². The lowest BCUT2D eigenvalue weighted by Gasteiger charge is -2.07. The maximum absolute atomic E-state index is 9.71. The van der Waals surface area contributed by atoms with Crippen molar-refractivity contribution in [2.45, 2.75) is 19.9 Å². The predicted molar refractivity (Wildman–Crippen MR) is 94.5 cm³/mol. The number of aromatic hydroxyl groups is 1. The minimum atomic E-state index is 0. The van der Waals surface area contributed by atoms with Gasteiger partial charge in [-0.05, 0) is 31.5 Å². The molecule has 4 N–H and O–H groups in total. The number of halogens is 1. The molecule has 120 valence electrons. The van der Waals surface area contributed by atoms with Crippen LogP contribution in [0.15, 0.2) is 23.2 Å². The van der Waals surface area contributed by atoms with Crippen LogP contribution in [0.5, 0.6) is 11.5 Å². The highest BCUT2D eigenvalue weighted by molar-refractivity contribution is 14.0. The lowest BCUT2D eigenvalue weighted by Crippen LogP contribution is -2.32. The Morgan fingerprint density at radius 2 is 2.19 bits per heavy atom. The summed E-state index contributed by atoms with van der Waals surface area (Å²) in [4.78, 5) is 4.18. The molecule has 0 saturated carbocycles. The molecule has 0 unspecified atom stereocenters. The second kappa shape index (κ2) is 11.4. The molecule has 21 heavy (non-hydrogen) atoms. The van der Waals surface area contributed by atoms with E-state index in [2.05, 4.69) is 10.3 Å². The van der Waals surface area contributed by atoms with Gasteiger partial charge in [0.05, 0.1) is 13.7 Å². The van der Waals surface area contributed by atoms with Crippen molar-refractivity contribution >= 4 is 29.9 Å². The third-order valence-corrected chi connectivity index (χ3v) is 2.68. The normalized spacial score (nSPS) is 10.9. The summed E-state index contributed by atoms with van der Waals surface area (Å²) < 4.78 is 10.3. The second-order valence-corrected chi connectivity index (χ2v) is 4.17. The standard InChI is InChI=1S/C14H23N3O3.HI/c1-3-20-8-4-7-16-14(15)17-10-11-9-12(19-2)5-6-13(11)18;/h5-6,9,18H,3-4,7-8,10H2,1-2H3,(H3,15,16,17);1H. The van der Waals surface area contributed by atoms with Gasteiger partial charge in [-0.1, -0.05) is 0 Å². The van der Waals surface area contributed by atoms with Crippen molar-refractivity contribution in [1.82, 2.24) is 5.32 Å². The van der Waals surface area contributed by atoms with Crippen LogP contribution < -0.4 is 15.8 Å². The predicted octanol–water partition coefficient (Wildman–Crippen LogP) is 1.85. The van der Waals surface area contributed by atoms with Crippen LogP contribution in [0.4, 0.5) is 0 Å². The van der Waals surface area contributed by atoms with Gasteiger partial charge in [-0.3, -0.25) is 0 Å². The van der Waals surface area contributed by atoms with Crippen molar-refractivity contribution < 1.29 is 14.6 Å². The number of nitrogens with zero attached hydrogens (tertiary/aromatic N) is 1. The summed E-state index contributed by atoms with van der Waals surface area (Å²) in [5.41, 5.74) is 6.41. The van der Waals surface area contributed by atoms with E-state index in [1.165, 1.54) is 0 Å². The Balaban J connectivity index is 0.00000400. The van der Waals surface area contributed by atoms with E-state index in [-0.39, 0.29) is 29.7 Å². The molecule has 7 heteroatoms. The van der Waals surface area contributed by atoms with Crippen LogP contribution in [-0.4, -0.2) is 37.9 Å². The Labute approximate surface area is 142 Å². The van der Waals surface area contributed by atoms with Gasteiger partial charge >= 0.3 is 0 Å². The van der Waals surface area contributed by atoms with Crippen LogP contribution in [0.25, 0.3) is 0 Å². The zero-order valence-corrected chi connectivity index (χ0v) is 14.8. The van der Waals surface area contributed by atoms with Crippen LogP contribution in [-0.2, 0) is 11.3 Å². The van der Waals surface area contributed by atoms with Gasteiger partial charge in [0, 0.05) is 25.3 Å². The molecule has 0 aliphatic carbocycles. The molecule has 0 aliphatic rings. The Bertz CT molecular complexity index is 441. The van der Waals surface area contributed by atoms with Crippen LogP contribution in [0.1, 0.15) is 18.9 Å². The first-order valence-corrected chi connectivity index (χ1v) is 6.64. The summed E-state index contributed by atoms with van der Waals surface area (Å²) >= 11 is 0. The Morgan fingerprint density at radius 3 is 2.86 bits per heavy atom. The number of nitrogens with one attached hydrogen (secondary N) is 1. The molecule has 0 radical (unpaired) electrons. The fraction of sp³-hybridized carbons (Fsp3) is 0.500. The lowest BCUT2D eigenvalue weighted by molar-refractivity contribution is 0.145. The number of rotatable bonds is 8. The summed E-state index contributed by atoms with van der Waals surface area (Å²) in [6, 6.07) is 5.01. The van der Waals surface area contributed by atoms with Crippen molar-refractivity contribution in [1.29, 1.82) is 0 Å². The third-order valence-electron chi connectivity index (χ3n) is 2.68. The quantitative estimate of drug-likeness (QED) is 0.264. The van der Waals surface area contributed by atoms with Gasteiger partial charge in [0.1, 0.15) is 11.5 Å². The van der Waals surface area contributed by atoms with Crippen molar-refractivity contribution in [3.05, 3.63) is 23.8 Å². The van der Waals surface area contributed by atoms with E-state index in [0.29, 0.717) is 37.0 Å². The number of guanidine groups is 1. The first-order chi connectivity index (χ1) is 9.67. The first kappa shape index (κ1) is 19.8. The van der Waals surface area contributed by atoms with E-state index in [4.69, 9.17) is 15.2 Å². The molecule has 0 spiro atoms. The van der Waals surface area contributed by atoms with E-state index >= 15 is 0 Å². The number of ether oxygens (including phenoxy) is 2. The molecule has 0 fully saturated rings. The largest absolute Gasteiger partial charge is 0.508 e. The smallest absolute Gasteiger partial charge is 0.188 e. The van der Waals surface area contributed by atoms with E-state index in [1.807, 2.05) is 6.92 Å². The average molecular weight is 409 g/mol. The van der Waals surface area contributed by atoms with Crippen molar-refractivity contribution in [3.63, 3.8) is 0 Å². The molecule has 0 heterocycles. The maximum Gasteiger partial charge on any atom is 0.188 e. The second-order valence-electron chi connectivity index (χ2n) is 4.17. The minimum absolute atomic E-state index is 0. The highest BCUT2D eigenvalue weighted by atomic mass is 127. The minimum Gasteiger partial charge on any atom is -0.508 e. The highest BCUT2D eigenvalue weighted by Crippen LogP contribution is 2.23. The number of aliphatic imine (C=N–C) groups is 1. The topological polar surface area (TPSA) is 89.1 Å². The van der Waals surface area contributed by atoms with Crippen LogP contribution >= 0.6 is 24.0 Å². The first-order valence-electron chi connectivity index (χ1n) is 6.64. The van der Waals surface area contributed by atoms with Gasteiger partial charge in [0.15, 0.2) is 5.96 Å². The molecule has 0 saturated heterocycles.